The average Bonchev–Trinajstić information content (AvgIpc) is 2.88. The average molecular weight is 293 g/mol. The quantitative estimate of drug-likeness (QED) is 0.817. The Balaban J connectivity index is 1.97. The molecule has 0 saturated heterocycles. The van der Waals surface area contributed by atoms with Crippen LogP contribution in [0.5, 0.6) is 0 Å². The van der Waals surface area contributed by atoms with Gasteiger partial charge in [-0.15, -0.1) is 0 Å². The van der Waals surface area contributed by atoms with Gasteiger partial charge in [-0.2, -0.15) is 0 Å². The molecule has 0 radical (unpaired) electrons. The Hall–Kier alpha value is -1.20. The maximum atomic E-state index is 5.45. The van der Waals surface area contributed by atoms with Crippen molar-refractivity contribution in [3.05, 3.63) is 23.9 Å². The van der Waals surface area contributed by atoms with Crippen molar-refractivity contribution >= 4 is 23.1 Å². The van der Waals surface area contributed by atoms with E-state index in [0.29, 0.717) is 5.11 Å². The first kappa shape index (κ1) is 15.2. The Bertz CT molecular complexity index is 458. The van der Waals surface area contributed by atoms with E-state index >= 15 is 0 Å². The molecule has 0 atom stereocenters. The lowest BCUT2D eigenvalue weighted by Gasteiger charge is -2.31. The highest BCUT2D eigenvalue weighted by atomic mass is 32.1. The number of anilines is 1. The summed E-state index contributed by atoms with van der Waals surface area (Å²) in [4.78, 5) is 4.31. The lowest BCUT2D eigenvalue weighted by Crippen LogP contribution is -2.48. The molecule has 1 aromatic rings. The minimum Gasteiger partial charge on any atom is -0.385 e. The van der Waals surface area contributed by atoms with Gasteiger partial charge in [-0.3, -0.25) is 0 Å². The summed E-state index contributed by atoms with van der Waals surface area (Å²) in [7, 11) is 1.75. The minimum atomic E-state index is 0.0861. The first-order valence-corrected chi connectivity index (χ1v) is 7.56. The number of hydrogen-bond acceptors (Lipinski definition) is 3. The lowest BCUT2D eigenvalue weighted by atomic mass is 9.94. The molecule has 0 bridgehead atoms. The van der Waals surface area contributed by atoms with Crippen molar-refractivity contribution < 1.29 is 4.74 Å². The van der Waals surface area contributed by atoms with E-state index in [1.54, 1.807) is 13.3 Å². The van der Waals surface area contributed by atoms with Gasteiger partial charge < -0.3 is 15.4 Å². The van der Waals surface area contributed by atoms with Gasteiger partial charge in [-0.25, -0.2) is 4.98 Å². The topological polar surface area (TPSA) is 46.2 Å². The van der Waals surface area contributed by atoms with Gasteiger partial charge in [0.1, 0.15) is 5.82 Å². The highest BCUT2D eigenvalue weighted by molar-refractivity contribution is 7.80. The van der Waals surface area contributed by atoms with Crippen LogP contribution >= 0.6 is 12.2 Å². The zero-order valence-corrected chi connectivity index (χ0v) is 13.1. The van der Waals surface area contributed by atoms with Crippen LogP contribution < -0.4 is 10.6 Å². The van der Waals surface area contributed by atoms with Crippen LogP contribution in [0.25, 0.3) is 0 Å². The van der Waals surface area contributed by atoms with Gasteiger partial charge in [-0.1, -0.05) is 18.9 Å². The van der Waals surface area contributed by atoms with E-state index in [9.17, 15) is 0 Å². The molecule has 0 spiro atoms. The summed E-state index contributed by atoms with van der Waals surface area (Å²) in [5.41, 5.74) is 1.18. The van der Waals surface area contributed by atoms with Crippen LogP contribution in [0.2, 0.25) is 0 Å². The summed E-state index contributed by atoms with van der Waals surface area (Å²) in [5.74, 6) is 0.824. The number of nitrogens with one attached hydrogen (secondary N) is 2. The number of aryl methyl sites for hydroxylation is 1. The second-order valence-corrected chi connectivity index (χ2v) is 5.89. The fraction of sp³-hybridized carbons (Fsp3) is 0.600. The number of ether oxygens (including phenoxy) is 1. The number of methoxy groups -OCH3 is 1. The second-order valence-electron chi connectivity index (χ2n) is 5.48. The molecule has 1 aliphatic rings. The van der Waals surface area contributed by atoms with E-state index in [2.05, 4.69) is 15.6 Å². The Morgan fingerprint density at radius 1 is 1.45 bits per heavy atom. The number of aromatic nitrogens is 1. The molecular weight excluding hydrogens is 270 g/mol. The lowest BCUT2D eigenvalue weighted by molar-refractivity contribution is 0.163. The van der Waals surface area contributed by atoms with E-state index in [1.165, 1.54) is 12.8 Å². The molecular formula is C15H23N3OS. The van der Waals surface area contributed by atoms with Gasteiger partial charge in [-0.05, 0) is 50.0 Å². The molecule has 110 valence electrons. The molecule has 2 N–H and O–H groups in total. The Labute approximate surface area is 126 Å². The van der Waals surface area contributed by atoms with Gasteiger partial charge in [0.15, 0.2) is 5.11 Å². The Morgan fingerprint density at radius 3 is 2.85 bits per heavy atom. The van der Waals surface area contributed by atoms with E-state index in [-0.39, 0.29) is 5.54 Å². The first-order valence-electron chi connectivity index (χ1n) is 7.15. The summed E-state index contributed by atoms with van der Waals surface area (Å²) in [6.07, 6.45) is 7.57. The minimum absolute atomic E-state index is 0.0861. The number of rotatable bonds is 5. The van der Waals surface area contributed by atoms with Crippen LogP contribution in [0.3, 0.4) is 0 Å². The predicted molar refractivity (Wildman–Crippen MR) is 86.0 cm³/mol. The van der Waals surface area contributed by atoms with Crippen LogP contribution in [0.4, 0.5) is 5.82 Å². The second kappa shape index (κ2) is 6.99. The summed E-state index contributed by atoms with van der Waals surface area (Å²) < 4.78 is 5.23. The van der Waals surface area contributed by atoms with Crippen molar-refractivity contribution in [1.82, 2.24) is 10.3 Å². The van der Waals surface area contributed by atoms with E-state index in [1.807, 2.05) is 19.1 Å². The van der Waals surface area contributed by atoms with Crippen molar-refractivity contribution in [3.8, 4) is 0 Å². The summed E-state index contributed by atoms with van der Waals surface area (Å²) >= 11 is 5.45. The van der Waals surface area contributed by atoms with Crippen molar-refractivity contribution in [1.29, 1.82) is 0 Å². The maximum Gasteiger partial charge on any atom is 0.172 e. The largest absolute Gasteiger partial charge is 0.385 e. The molecule has 1 fully saturated rings. The predicted octanol–water partition coefficient (Wildman–Crippen LogP) is 3.03. The number of nitrogens with zero attached hydrogens (tertiary/aromatic N) is 1. The van der Waals surface area contributed by atoms with Crippen LogP contribution in [0, 0.1) is 6.92 Å². The van der Waals surface area contributed by atoms with Gasteiger partial charge in [0, 0.05) is 25.5 Å². The molecule has 0 aliphatic heterocycles. The number of hydrogen-bond donors (Lipinski definition) is 2. The van der Waals surface area contributed by atoms with Crippen molar-refractivity contribution in [2.24, 2.45) is 0 Å². The molecule has 0 unspecified atom stereocenters. The van der Waals surface area contributed by atoms with Crippen LogP contribution in [0.1, 0.15) is 37.7 Å². The third kappa shape index (κ3) is 3.90. The molecule has 5 heteroatoms. The number of thiocarbonyl (C=S) groups is 1. The molecule has 20 heavy (non-hydrogen) atoms. The van der Waals surface area contributed by atoms with Gasteiger partial charge >= 0.3 is 0 Å². The summed E-state index contributed by atoms with van der Waals surface area (Å²) in [6, 6.07) is 3.95. The zero-order valence-electron chi connectivity index (χ0n) is 12.2. The molecule has 2 rings (SSSR count). The normalized spacial score (nSPS) is 16.9. The van der Waals surface area contributed by atoms with E-state index in [0.717, 1.165) is 37.3 Å². The molecule has 1 saturated carbocycles. The van der Waals surface area contributed by atoms with Gasteiger partial charge in [0.05, 0.1) is 0 Å². The fourth-order valence-corrected chi connectivity index (χ4v) is 3.10. The highest BCUT2D eigenvalue weighted by Crippen LogP contribution is 2.32. The van der Waals surface area contributed by atoms with E-state index in [4.69, 9.17) is 17.0 Å². The van der Waals surface area contributed by atoms with Crippen LogP contribution in [-0.2, 0) is 4.74 Å². The molecule has 0 aromatic carbocycles. The van der Waals surface area contributed by atoms with Crippen LogP contribution in [-0.4, -0.2) is 29.4 Å². The van der Waals surface area contributed by atoms with Gasteiger partial charge in [0.2, 0.25) is 0 Å². The monoisotopic (exact) mass is 293 g/mol. The summed E-state index contributed by atoms with van der Waals surface area (Å²) in [5, 5.41) is 7.37. The molecule has 4 nitrogen and oxygen atoms in total. The van der Waals surface area contributed by atoms with Crippen LogP contribution in [0.15, 0.2) is 18.3 Å². The number of pyridine rings is 1. The van der Waals surface area contributed by atoms with Gasteiger partial charge in [0.25, 0.3) is 0 Å². The smallest absolute Gasteiger partial charge is 0.172 e. The third-order valence-electron chi connectivity index (χ3n) is 3.97. The van der Waals surface area contributed by atoms with Crippen molar-refractivity contribution in [2.45, 2.75) is 44.6 Å². The van der Waals surface area contributed by atoms with Crippen molar-refractivity contribution in [2.75, 3.05) is 19.0 Å². The molecule has 1 heterocycles. The third-order valence-corrected chi connectivity index (χ3v) is 4.17. The fourth-order valence-electron chi connectivity index (χ4n) is 2.78. The van der Waals surface area contributed by atoms with E-state index < -0.39 is 0 Å². The van der Waals surface area contributed by atoms with Crippen molar-refractivity contribution in [3.63, 3.8) is 0 Å². The molecule has 1 aromatic heterocycles. The molecule has 1 aliphatic carbocycles. The zero-order chi connectivity index (χ0) is 14.4. The molecule has 0 amide bonds. The Kier molecular flexibility index (Phi) is 5.31. The standard InChI is InChI=1S/C15H23N3OS/c1-12-6-5-10-16-13(12)17-14(20)18-15(9-11-19-2)7-3-4-8-15/h5-6,10H,3-4,7-9,11H2,1-2H3,(H2,16,17,18,20). The maximum absolute atomic E-state index is 5.45. The SMILES string of the molecule is COCCC1(NC(=S)Nc2ncccc2C)CCCC1. The highest BCUT2D eigenvalue weighted by Gasteiger charge is 2.34. The Morgan fingerprint density at radius 2 is 2.20 bits per heavy atom. The summed E-state index contributed by atoms with van der Waals surface area (Å²) in [6.45, 7) is 2.78. The first-order chi connectivity index (χ1) is 9.65.